The molecule has 0 aliphatic heterocycles. The summed E-state index contributed by atoms with van der Waals surface area (Å²) < 4.78 is 5.52. The molecule has 0 atom stereocenters. The van der Waals surface area contributed by atoms with E-state index in [1.807, 2.05) is 6.07 Å². The topological polar surface area (TPSA) is 96.1 Å². The molecule has 6 nitrogen and oxygen atoms in total. The molecule has 104 valence electrons. The Kier molecular flexibility index (Phi) is 4.62. The lowest BCUT2D eigenvalue weighted by atomic mass is 10.2. The molecule has 0 spiro atoms. The third-order valence-electron chi connectivity index (χ3n) is 2.55. The van der Waals surface area contributed by atoms with Gasteiger partial charge in [-0.25, -0.2) is 9.78 Å². The molecule has 0 bridgehead atoms. The lowest BCUT2D eigenvalue weighted by Gasteiger charge is -2.06. The molecule has 2 aromatic rings. The van der Waals surface area contributed by atoms with Gasteiger partial charge in [0.15, 0.2) is 0 Å². The smallest absolute Gasteiger partial charge is 0.328 e. The number of hydrogen-bond acceptors (Lipinski definition) is 5. The summed E-state index contributed by atoms with van der Waals surface area (Å²) in [5.74, 6) is -0.507. The largest absolute Gasteiger partial charge is 0.487 e. The lowest BCUT2D eigenvalue weighted by molar-refractivity contribution is -0.131. The van der Waals surface area contributed by atoms with Crippen molar-refractivity contribution in [2.24, 2.45) is 0 Å². The van der Waals surface area contributed by atoms with Crippen LogP contribution in [-0.4, -0.2) is 21.0 Å². The molecule has 0 unspecified atom stereocenters. The van der Waals surface area contributed by atoms with Crippen molar-refractivity contribution in [3.8, 4) is 11.8 Å². The highest BCUT2D eigenvalue weighted by Gasteiger charge is 2.03. The highest BCUT2D eigenvalue weighted by Crippen LogP contribution is 2.13. The number of hydrogen-bond donors (Lipinski definition) is 1. The van der Waals surface area contributed by atoms with Gasteiger partial charge in [0, 0.05) is 17.8 Å². The quantitative estimate of drug-likeness (QED) is 0.842. The van der Waals surface area contributed by atoms with E-state index in [1.165, 1.54) is 12.3 Å². The Morgan fingerprint density at radius 3 is 2.90 bits per heavy atom. The van der Waals surface area contributed by atoms with Crippen LogP contribution in [0.4, 0.5) is 0 Å². The van der Waals surface area contributed by atoms with Gasteiger partial charge in [-0.3, -0.25) is 4.98 Å². The third kappa shape index (κ3) is 4.14. The molecule has 0 aromatic carbocycles. The van der Waals surface area contributed by atoms with Gasteiger partial charge in [0.25, 0.3) is 0 Å². The normalized spacial score (nSPS) is 10.2. The van der Waals surface area contributed by atoms with Crippen LogP contribution in [0.15, 0.2) is 42.7 Å². The molecular formula is C15H11N3O3. The molecule has 0 aliphatic rings. The molecule has 0 amide bonds. The first-order valence-corrected chi connectivity index (χ1v) is 6.03. The number of carboxylic acids is 1. The zero-order chi connectivity index (χ0) is 15.1. The summed E-state index contributed by atoms with van der Waals surface area (Å²) in [5, 5.41) is 17.4. The van der Waals surface area contributed by atoms with Crippen LogP contribution in [0, 0.1) is 11.3 Å². The maximum absolute atomic E-state index is 10.4. The zero-order valence-electron chi connectivity index (χ0n) is 10.9. The monoisotopic (exact) mass is 281 g/mol. The molecule has 1 N–H and O–H groups in total. The van der Waals surface area contributed by atoms with Crippen molar-refractivity contribution in [2.45, 2.75) is 6.61 Å². The van der Waals surface area contributed by atoms with Gasteiger partial charge in [-0.1, -0.05) is 6.07 Å². The van der Waals surface area contributed by atoms with Gasteiger partial charge < -0.3 is 9.84 Å². The van der Waals surface area contributed by atoms with Gasteiger partial charge in [0.05, 0.1) is 11.9 Å². The van der Waals surface area contributed by atoms with E-state index in [1.54, 1.807) is 30.5 Å². The number of aliphatic carboxylic acids is 1. The maximum atomic E-state index is 10.4. The summed E-state index contributed by atoms with van der Waals surface area (Å²) >= 11 is 0. The number of rotatable bonds is 5. The second-order valence-corrected chi connectivity index (χ2v) is 4.00. The van der Waals surface area contributed by atoms with Crippen LogP contribution in [-0.2, 0) is 11.4 Å². The second-order valence-electron chi connectivity index (χ2n) is 4.00. The van der Waals surface area contributed by atoms with Crippen LogP contribution in [0.3, 0.4) is 0 Å². The van der Waals surface area contributed by atoms with E-state index < -0.39 is 5.97 Å². The minimum Gasteiger partial charge on any atom is -0.487 e. The number of carbonyl (C=O) groups is 1. The third-order valence-corrected chi connectivity index (χ3v) is 2.55. The number of nitrogens with zero attached hydrogens (tertiary/aromatic N) is 3. The van der Waals surface area contributed by atoms with E-state index in [0.29, 0.717) is 22.7 Å². The Bertz CT molecular complexity index is 703. The van der Waals surface area contributed by atoms with Crippen molar-refractivity contribution < 1.29 is 14.6 Å². The molecule has 2 heterocycles. The average molecular weight is 281 g/mol. The molecule has 21 heavy (non-hydrogen) atoms. The fourth-order valence-electron chi connectivity index (χ4n) is 1.55. The SMILES string of the molecule is N#Cc1ncccc1COc1ccc(C=CC(=O)O)nc1. The Hall–Kier alpha value is -3.20. The summed E-state index contributed by atoms with van der Waals surface area (Å²) in [6.45, 7) is 0.211. The highest BCUT2D eigenvalue weighted by atomic mass is 16.5. The summed E-state index contributed by atoms with van der Waals surface area (Å²) in [4.78, 5) is 18.4. The van der Waals surface area contributed by atoms with Crippen molar-refractivity contribution in [3.05, 3.63) is 59.7 Å². The summed E-state index contributed by atoms with van der Waals surface area (Å²) in [6.07, 6.45) is 5.44. The van der Waals surface area contributed by atoms with Crippen LogP contribution in [0.2, 0.25) is 0 Å². The fraction of sp³-hybridized carbons (Fsp3) is 0.0667. The number of nitriles is 1. The maximum Gasteiger partial charge on any atom is 0.328 e. The van der Waals surface area contributed by atoms with Gasteiger partial charge in [-0.05, 0) is 24.3 Å². The van der Waals surface area contributed by atoms with Crippen molar-refractivity contribution in [1.29, 1.82) is 5.26 Å². The second kappa shape index (κ2) is 6.82. The van der Waals surface area contributed by atoms with Gasteiger partial charge in [0.1, 0.15) is 24.1 Å². The van der Waals surface area contributed by atoms with E-state index >= 15 is 0 Å². The molecule has 0 saturated heterocycles. The van der Waals surface area contributed by atoms with Gasteiger partial charge in [-0.15, -0.1) is 0 Å². The Balaban J connectivity index is 2.01. The summed E-state index contributed by atoms with van der Waals surface area (Å²) in [5.41, 5.74) is 1.53. The lowest BCUT2D eigenvalue weighted by Crippen LogP contribution is -2.00. The molecule has 2 aromatic heterocycles. The van der Waals surface area contributed by atoms with Gasteiger partial charge in [0.2, 0.25) is 0 Å². The number of carboxylic acid groups (broad SMARTS) is 1. The van der Waals surface area contributed by atoms with E-state index in [4.69, 9.17) is 15.1 Å². The number of pyridine rings is 2. The average Bonchev–Trinajstić information content (AvgIpc) is 2.52. The van der Waals surface area contributed by atoms with E-state index in [0.717, 1.165) is 6.08 Å². The minimum absolute atomic E-state index is 0.211. The molecule has 0 radical (unpaired) electrons. The zero-order valence-corrected chi connectivity index (χ0v) is 10.9. The Morgan fingerprint density at radius 1 is 1.38 bits per heavy atom. The van der Waals surface area contributed by atoms with Crippen LogP contribution in [0.25, 0.3) is 6.08 Å². The van der Waals surface area contributed by atoms with E-state index in [-0.39, 0.29) is 6.61 Å². The van der Waals surface area contributed by atoms with Crippen LogP contribution in [0.5, 0.6) is 5.75 Å². The standard InChI is InChI=1S/C15H11N3O3/c16-8-14-11(2-1-7-17-14)10-21-13-5-3-12(18-9-13)4-6-15(19)20/h1-7,9H,10H2,(H,19,20). The molecular weight excluding hydrogens is 270 g/mol. The molecule has 6 heteroatoms. The van der Waals surface area contributed by atoms with Crippen molar-refractivity contribution in [1.82, 2.24) is 9.97 Å². The Morgan fingerprint density at radius 2 is 2.24 bits per heavy atom. The van der Waals surface area contributed by atoms with E-state index in [2.05, 4.69) is 9.97 Å². The predicted octanol–water partition coefficient (Wildman–Crippen LogP) is 2.03. The predicted molar refractivity (Wildman–Crippen MR) is 74.2 cm³/mol. The van der Waals surface area contributed by atoms with Crippen molar-refractivity contribution in [2.75, 3.05) is 0 Å². The number of ether oxygens (including phenoxy) is 1. The van der Waals surface area contributed by atoms with Gasteiger partial charge in [-0.2, -0.15) is 5.26 Å². The highest BCUT2D eigenvalue weighted by molar-refractivity contribution is 5.84. The van der Waals surface area contributed by atoms with Crippen LogP contribution in [0.1, 0.15) is 17.0 Å². The number of aromatic nitrogens is 2. The van der Waals surface area contributed by atoms with Gasteiger partial charge >= 0.3 is 5.97 Å². The molecule has 0 aliphatic carbocycles. The van der Waals surface area contributed by atoms with E-state index in [9.17, 15) is 4.79 Å². The summed E-state index contributed by atoms with van der Waals surface area (Å²) in [7, 11) is 0. The van der Waals surface area contributed by atoms with Crippen molar-refractivity contribution >= 4 is 12.0 Å². The molecule has 0 fully saturated rings. The van der Waals surface area contributed by atoms with Crippen molar-refractivity contribution in [3.63, 3.8) is 0 Å². The first-order valence-electron chi connectivity index (χ1n) is 6.03. The fourth-order valence-corrected chi connectivity index (χ4v) is 1.55. The first kappa shape index (κ1) is 14.2. The Labute approximate surface area is 121 Å². The molecule has 2 rings (SSSR count). The van der Waals surface area contributed by atoms with Crippen LogP contribution < -0.4 is 4.74 Å². The summed E-state index contributed by atoms with van der Waals surface area (Å²) in [6, 6.07) is 8.82. The first-order chi connectivity index (χ1) is 10.2. The minimum atomic E-state index is -1.03. The van der Waals surface area contributed by atoms with Crippen LogP contribution >= 0.6 is 0 Å². The molecule has 0 saturated carbocycles.